The summed E-state index contributed by atoms with van der Waals surface area (Å²) < 4.78 is 0. The predicted octanol–water partition coefficient (Wildman–Crippen LogP) is 1.21. The van der Waals surface area contributed by atoms with Crippen LogP contribution in [0, 0.1) is 21.4 Å². The van der Waals surface area contributed by atoms with E-state index in [-0.39, 0.29) is 36.3 Å². The fourth-order valence-corrected chi connectivity index (χ4v) is 2.19. The molecule has 0 amide bonds. The Bertz CT molecular complexity index is 522. The van der Waals surface area contributed by atoms with E-state index >= 15 is 0 Å². The molecule has 2 rings (SSSR count). The lowest BCUT2D eigenvalue weighted by Crippen LogP contribution is -2.42. The van der Waals surface area contributed by atoms with Crippen LogP contribution in [0.25, 0.3) is 0 Å². The summed E-state index contributed by atoms with van der Waals surface area (Å²) in [5.41, 5.74) is -0.275. The number of nitro groups is 1. The molecule has 1 aromatic heterocycles. The summed E-state index contributed by atoms with van der Waals surface area (Å²) in [5, 5.41) is 29.2. The molecule has 0 aromatic carbocycles. The number of anilines is 1. The molecule has 1 fully saturated rings. The van der Waals surface area contributed by atoms with Crippen molar-refractivity contribution < 1.29 is 10.0 Å². The highest BCUT2D eigenvalue weighted by atomic mass is 16.6. The fraction of sp³-hybridized carbons (Fsp3) is 0.500. The average Bonchev–Trinajstić information content (AvgIpc) is 2.35. The SMILES string of the molecule is N#Cc1ccnc(N(CCO)C2CCC2)c1[N+](=O)[O-]. The van der Waals surface area contributed by atoms with Gasteiger partial charge in [0.1, 0.15) is 11.6 Å². The van der Waals surface area contributed by atoms with Gasteiger partial charge in [-0.1, -0.05) is 0 Å². The third-order valence-electron chi connectivity index (χ3n) is 3.34. The Labute approximate surface area is 110 Å². The van der Waals surface area contributed by atoms with E-state index in [4.69, 9.17) is 10.4 Å². The summed E-state index contributed by atoms with van der Waals surface area (Å²) in [6.45, 7) is 0.180. The van der Waals surface area contributed by atoms with Gasteiger partial charge in [-0.3, -0.25) is 10.1 Å². The first-order valence-electron chi connectivity index (χ1n) is 6.10. The zero-order valence-electron chi connectivity index (χ0n) is 10.3. The molecule has 0 aliphatic heterocycles. The maximum atomic E-state index is 11.2. The largest absolute Gasteiger partial charge is 0.395 e. The second kappa shape index (κ2) is 5.63. The van der Waals surface area contributed by atoms with Gasteiger partial charge in [0.05, 0.1) is 11.5 Å². The lowest BCUT2D eigenvalue weighted by atomic mass is 9.91. The van der Waals surface area contributed by atoms with E-state index in [1.54, 1.807) is 4.90 Å². The molecule has 0 bridgehead atoms. The maximum Gasteiger partial charge on any atom is 0.329 e. The Balaban J connectivity index is 2.46. The number of nitriles is 1. The van der Waals surface area contributed by atoms with Crippen LogP contribution >= 0.6 is 0 Å². The molecule has 0 radical (unpaired) electrons. The summed E-state index contributed by atoms with van der Waals surface area (Å²) in [6.07, 6.45) is 4.31. The molecular formula is C12H14N4O3. The first-order valence-corrected chi connectivity index (χ1v) is 6.10. The Morgan fingerprint density at radius 3 is 2.84 bits per heavy atom. The zero-order valence-corrected chi connectivity index (χ0v) is 10.3. The predicted molar refractivity (Wildman–Crippen MR) is 67.7 cm³/mol. The minimum atomic E-state index is -0.579. The highest BCUT2D eigenvalue weighted by Crippen LogP contribution is 2.35. The van der Waals surface area contributed by atoms with Gasteiger partial charge in [-0.15, -0.1) is 0 Å². The van der Waals surface area contributed by atoms with Crippen LogP contribution in [0.15, 0.2) is 12.3 Å². The van der Waals surface area contributed by atoms with E-state index in [1.807, 2.05) is 6.07 Å². The smallest absolute Gasteiger partial charge is 0.329 e. The number of pyridine rings is 1. The molecule has 0 spiro atoms. The van der Waals surface area contributed by atoms with Gasteiger partial charge >= 0.3 is 5.69 Å². The number of aliphatic hydroxyl groups excluding tert-OH is 1. The molecule has 1 saturated carbocycles. The summed E-state index contributed by atoms with van der Waals surface area (Å²) >= 11 is 0. The van der Waals surface area contributed by atoms with Crippen LogP contribution in [0.4, 0.5) is 11.5 Å². The molecule has 1 aliphatic rings. The standard InChI is InChI=1S/C12H14N4O3/c13-8-9-4-5-14-12(11(9)16(18)19)15(6-7-17)10-2-1-3-10/h4-5,10,17H,1-3,6-7H2. The number of rotatable bonds is 5. The second-order valence-electron chi connectivity index (χ2n) is 4.40. The van der Waals surface area contributed by atoms with Crippen LogP contribution in [-0.4, -0.2) is 34.2 Å². The van der Waals surface area contributed by atoms with Crippen LogP contribution in [0.3, 0.4) is 0 Å². The lowest BCUT2D eigenvalue weighted by Gasteiger charge is -2.37. The zero-order chi connectivity index (χ0) is 13.8. The Kier molecular flexibility index (Phi) is 3.92. The highest BCUT2D eigenvalue weighted by Gasteiger charge is 2.32. The monoisotopic (exact) mass is 262 g/mol. The van der Waals surface area contributed by atoms with Crippen molar-refractivity contribution in [3.63, 3.8) is 0 Å². The van der Waals surface area contributed by atoms with Gasteiger partial charge < -0.3 is 10.0 Å². The van der Waals surface area contributed by atoms with E-state index in [2.05, 4.69) is 4.98 Å². The molecule has 1 aromatic rings. The number of hydrogen-bond acceptors (Lipinski definition) is 6. The summed E-state index contributed by atoms with van der Waals surface area (Å²) in [7, 11) is 0. The Hall–Kier alpha value is -2.20. The van der Waals surface area contributed by atoms with Crippen molar-refractivity contribution in [3.05, 3.63) is 27.9 Å². The second-order valence-corrected chi connectivity index (χ2v) is 4.40. The number of nitrogens with zero attached hydrogens (tertiary/aromatic N) is 4. The first kappa shape index (κ1) is 13.2. The molecule has 19 heavy (non-hydrogen) atoms. The van der Waals surface area contributed by atoms with E-state index in [1.165, 1.54) is 12.3 Å². The topological polar surface area (TPSA) is 103 Å². The molecule has 1 aliphatic carbocycles. The van der Waals surface area contributed by atoms with Crippen molar-refractivity contribution in [2.45, 2.75) is 25.3 Å². The van der Waals surface area contributed by atoms with Gasteiger partial charge in [0.15, 0.2) is 0 Å². The van der Waals surface area contributed by atoms with Gasteiger partial charge in [-0.2, -0.15) is 5.26 Å². The van der Waals surface area contributed by atoms with Gasteiger partial charge in [-0.25, -0.2) is 4.98 Å². The normalized spacial score (nSPS) is 14.5. The molecule has 100 valence electrons. The van der Waals surface area contributed by atoms with E-state index < -0.39 is 4.92 Å². The fourth-order valence-electron chi connectivity index (χ4n) is 2.19. The Morgan fingerprint density at radius 2 is 2.37 bits per heavy atom. The number of hydrogen-bond donors (Lipinski definition) is 1. The summed E-state index contributed by atoms with van der Waals surface area (Å²) in [6, 6.07) is 3.31. The molecule has 0 unspecified atom stereocenters. The summed E-state index contributed by atoms with van der Waals surface area (Å²) in [5.74, 6) is 0.183. The lowest BCUT2D eigenvalue weighted by molar-refractivity contribution is -0.384. The third kappa shape index (κ3) is 2.48. The molecule has 7 nitrogen and oxygen atoms in total. The maximum absolute atomic E-state index is 11.2. The van der Waals surface area contributed by atoms with Crippen LogP contribution in [0.1, 0.15) is 24.8 Å². The third-order valence-corrected chi connectivity index (χ3v) is 3.34. The average molecular weight is 262 g/mol. The number of aromatic nitrogens is 1. The Morgan fingerprint density at radius 1 is 1.63 bits per heavy atom. The van der Waals surface area contributed by atoms with Crippen molar-refractivity contribution in [1.29, 1.82) is 5.26 Å². The first-order chi connectivity index (χ1) is 9.19. The van der Waals surface area contributed by atoms with Crippen molar-refractivity contribution in [2.75, 3.05) is 18.1 Å². The quantitative estimate of drug-likeness (QED) is 0.632. The summed E-state index contributed by atoms with van der Waals surface area (Å²) in [4.78, 5) is 16.4. The minimum absolute atomic E-state index is 0.00253. The molecular weight excluding hydrogens is 248 g/mol. The molecule has 0 atom stereocenters. The van der Waals surface area contributed by atoms with Crippen molar-refractivity contribution in [3.8, 4) is 6.07 Å². The van der Waals surface area contributed by atoms with Crippen molar-refractivity contribution >= 4 is 11.5 Å². The molecule has 1 N–H and O–H groups in total. The van der Waals surface area contributed by atoms with Gasteiger partial charge in [0.2, 0.25) is 5.82 Å². The van der Waals surface area contributed by atoms with E-state index in [0.717, 1.165) is 19.3 Å². The van der Waals surface area contributed by atoms with Crippen molar-refractivity contribution in [2.24, 2.45) is 0 Å². The molecule has 1 heterocycles. The molecule has 0 saturated heterocycles. The van der Waals surface area contributed by atoms with Crippen LogP contribution < -0.4 is 4.90 Å². The van der Waals surface area contributed by atoms with Crippen molar-refractivity contribution in [1.82, 2.24) is 4.98 Å². The van der Waals surface area contributed by atoms with Crippen LogP contribution in [0.5, 0.6) is 0 Å². The van der Waals surface area contributed by atoms with Gasteiger partial charge in [-0.05, 0) is 25.3 Å². The van der Waals surface area contributed by atoms with E-state index in [0.29, 0.717) is 0 Å². The van der Waals surface area contributed by atoms with Crippen LogP contribution in [0.2, 0.25) is 0 Å². The highest BCUT2D eigenvalue weighted by molar-refractivity contribution is 5.66. The van der Waals surface area contributed by atoms with Gasteiger partial charge in [0, 0.05) is 18.8 Å². The minimum Gasteiger partial charge on any atom is -0.395 e. The van der Waals surface area contributed by atoms with Gasteiger partial charge in [0.25, 0.3) is 0 Å². The van der Waals surface area contributed by atoms with Crippen LogP contribution in [-0.2, 0) is 0 Å². The van der Waals surface area contributed by atoms with E-state index in [9.17, 15) is 10.1 Å². The molecule has 7 heteroatoms. The number of aliphatic hydroxyl groups is 1.